The minimum Gasteiger partial charge on any atom is -0.495 e. The lowest BCUT2D eigenvalue weighted by atomic mass is 9.94. The van der Waals surface area contributed by atoms with Gasteiger partial charge in [-0.3, -0.25) is 14.4 Å². The van der Waals surface area contributed by atoms with E-state index in [0.29, 0.717) is 23.8 Å². The summed E-state index contributed by atoms with van der Waals surface area (Å²) in [5.74, 6) is -1.08. The summed E-state index contributed by atoms with van der Waals surface area (Å²) >= 11 is 0. The molecule has 1 unspecified atom stereocenters. The predicted octanol–water partition coefficient (Wildman–Crippen LogP) is 1.47. The molecule has 25 heavy (non-hydrogen) atoms. The van der Waals surface area contributed by atoms with Gasteiger partial charge in [-0.05, 0) is 43.4 Å². The lowest BCUT2D eigenvalue weighted by molar-refractivity contribution is -0.136. The zero-order valence-electron chi connectivity index (χ0n) is 14.4. The number of carbonyl (C=O) groups excluding carboxylic acids is 3. The van der Waals surface area contributed by atoms with E-state index in [0.717, 1.165) is 19.3 Å². The average Bonchev–Trinajstić information content (AvgIpc) is 2.66. The molecule has 0 spiro atoms. The highest BCUT2D eigenvalue weighted by molar-refractivity contribution is 6.39. The first-order valence-electron chi connectivity index (χ1n) is 8.19. The Morgan fingerprint density at radius 3 is 2.64 bits per heavy atom. The Hall–Kier alpha value is -2.83. The SMILES string of the molecule is CNC(=O)c1ccc(OC)c(NC(=O)C(=O)NCC2CC=CCC2)c1. The van der Waals surface area contributed by atoms with Gasteiger partial charge in [0.1, 0.15) is 5.75 Å². The van der Waals surface area contributed by atoms with Gasteiger partial charge in [0, 0.05) is 19.2 Å². The number of hydrogen-bond donors (Lipinski definition) is 3. The fourth-order valence-corrected chi connectivity index (χ4v) is 2.63. The van der Waals surface area contributed by atoms with Crippen LogP contribution in [0.4, 0.5) is 5.69 Å². The van der Waals surface area contributed by atoms with Gasteiger partial charge in [0.05, 0.1) is 12.8 Å². The summed E-state index contributed by atoms with van der Waals surface area (Å²) in [4.78, 5) is 35.8. The molecule has 0 bridgehead atoms. The quantitative estimate of drug-likeness (QED) is 0.556. The fourth-order valence-electron chi connectivity index (χ4n) is 2.63. The lowest BCUT2D eigenvalue weighted by Gasteiger charge is -2.18. The van der Waals surface area contributed by atoms with E-state index < -0.39 is 11.8 Å². The Balaban J connectivity index is 1.99. The third-order valence-electron chi connectivity index (χ3n) is 4.07. The average molecular weight is 345 g/mol. The van der Waals surface area contributed by atoms with E-state index in [2.05, 4.69) is 28.1 Å². The summed E-state index contributed by atoms with van der Waals surface area (Å²) in [6.45, 7) is 0.464. The van der Waals surface area contributed by atoms with Crippen LogP contribution in [0.25, 0.3) is 0 Å². The third-order valence-corrected chi connectivity index (χ3v) is 4.07. The molecule has 0 saturated carbocycles. The van der Waals surface area contributed by atoms with Crippen molar-refractivity contribution in [3.05, 3.63) is 35.9 Å². The molecule has 2 rings (SSSR count). The second kappa shape index (κ2) is 8.86. The molecule has 0 aliphatic heterocycles. The van der Waals surface area contributed by atoms with E-state index in [9.17, 15) is 14.4 Å². The number of allylic oxidation sites excluding steroid dienone is 2. The van der Waals surface area contributed by atoms with E-state index in [4.69, 9.17) is 4.74 Å². The van der Waals surface area contributed by atoms with Gasteiger partial charge in [-0.25, -0.2) is 0 Å². The Morgan fingerprint density at radius 1 is 1.20 bits per heavy atom. The zero-order valence-corrected chi connectivity index (χ0v) is 14.4. The number of ether oxygens (including phenoxy) is 1. The molecule has 7 nitrogen and oxygen atoms in total. The van der Waals surface area contributed by atoms with Crippen molar-refractivity contribution in [1.29, 1.82) is 0 Å². The van der Waals surface area contributed by atoms with Crippen LogP contribution in [0.15, 0.2) is 30.4 Å². The van der Waals surface area contributed by atoms with Crippen LogP contribution >= 0.6 is 0 Å². The summed E-state index contributed by atoms with van der Waals surface area (Å²) in [5.41, 5.74) is 0.623. The van der Waals surface area contributed by atoms with Gasteiger partial charge in [0.15, 0.2) is 0 Å². The number of methoxy groups -OCH3 is 1. The minimum atomic E-state index is -0.793. The van der Waals surface area contributed by atoms with E-state index in [-0.39, 0.29) is 11.6 Å². The van der Waals surface area contributed by atoms with Crippen molar-refractivity contribution in [2.45, 2.75) is 19.3 Å². The predicted molar refractivity (Wildman–Crippen MR) is 94.5 cm³/mol. The number of benzene rings is 1. The van der Waals surface area contributed by atoms with E-state index >= 15 is 0 Å². The second-order valence-electron chi connectivity index (χ2n) is 5.81. The minimum absolute atomic E-state index is 0.268. The Bertz CT molecular complexity index is 685. The topological polar surface area (TPSA) is 96.5 Å². The monoisotopic (exact) mass is 345 g/mol. The maximum Gasteiger partial charge on any atom is 0.313 e. The molecule has 1 aliphatic carbocycles. The first kappa shape index (κ1) is 18.5. The van der Waals surface area contributed by atoms with E-state index in [1.54, 1.807) is 12.1 Å². The van der Waals surface area contributed by atoms with E-state index in [1.807, 2.05) is 0 Å². The van der Waals surface area contributed by atoms with Gasteiger partial charge in [0.25, 0.3) is 5.91 Å². The van der Waals surface area contributed by atoms with Crippen molar-refractivity contribution in [3.8, 4) is 5.75 Å². The molecule has 1 aromatic rings. The number of carbonyl (C=O) groups is 3. The molecule has 134 valence electrons. The summed E-state index contributed by atoms with van der Waals surface area (Å²) in [6, 6.07) is 4.60. The molecular formula is C18H23N3O4. The van der Waals surface area contributed by atoms with Crippen LogP contribution in [-0.2, 0) is 9.59 Å². The van der Waals surface area contributed by atoms with Crippen LogP contribution in [0.2, 0.25) is 0 Å². The molecule has 7 heteroatoms. The third kappa shape index (κ3) is 5.07. The second-order valence-corrected chi connectivity index (χ2v) is 5.81. The summed E-state index contributed by atoms with van der Waals surface area (Å²) in [7, 11) is 2.96. The molecule has 0 fully saturated rings. The molecule has 1 aliphatic rings. The molecule has 3 amide bonds. The van der Waals surface area contributed by atoms with Crippen LogP contribution in [0.1, 0.15) is 29.6 Å². The van der Waals surface area contributed by atoms with Crippen LogP contribution in [0, 0.1) is 5.92 Å². The Kier molecular flexibility index (Phi) is 6.56. The number of hydrogen-bond acceptors (Lipinski definition) is 4. The number of rotatable bonds is 5. The van der Waals surface area contributed by atoms with Crippen molar-refractivity contribution in [1.82, 2.24) is 10.6 Å². The smallest absolute Gasteiger partial charge is 0.313 e. The standard InChI is InChI=1S/C18H23N3O4/c1-19-16(22)13-8-9-15(25-2)14(10-13)21-18(24)17(23)20-11-12-6-4-3-5-7-12/h3-4,8-10,12H,5-7,11H2,1-2H3,(H,19,22)(H,20,23)(H,21,24). The molecule has 1 aromatic carbocycles. The van der Waals surface area contributed by atoms with Crippen LogP contribution in [0.5, 0.6) is 5.75 Å². The Morgan fingerprint density at radius 2 is 2.00 bits per heavy atom. The van der Waals surface area contributed by atoms with Crippen molar-refractivity contribution >= 4 is 23.4 Å². The molecule has 3 N–H and O–H groups in total. The molecule has 0 saturated heterocycles. The maximum atomic E-state index is 12.1. The van der Waals surface area contributed by atoms with Gasteiger partial charge in [0.2, 0.25) is 0 Å². The van der Waals surface area contributed by atoms with Crippen LogP contribution in [0.3, 0.4) is 0 Å². The fraction of sp³-hybridized carbons (Fsp3) is 0.389. The van der Waals surface area contributed by atoms with Gasteiger partial charge in [-0.15, -0.1) is 0 Å². The highest BCUT2D eigenvalue weighted by Gasteiger charge is 2.19. The van der Waals surface area contributed by atoms with Crippen molar-refractivity contribution in [2.75, 3.05) is 26.0 Å². The highest BCUT2D eigenvalue weighted by atomic mass is 16.5. The van der Waals surface area contributed by atoms with Crippen molar-refractivity contribution in [3.63, 3.8) is 0 Å². The van der Waals surface area contributed by atoms with Gasteiger partial charge in [-0.1, -0.05) is 12.2 Å². The highest BCUT2D eigenvalue weighted by Crippen LogP contribution is 2.25. The summed E-state index contributed by atoms with van der Waals surface area (Å²) in [5, 5.41) is 7.65. The zero-order chi connectivity index (χ0) is 18.2. The summed E-state index contributed by atoms with van der Waals surface area (Å²) in [6.07, 6.45) is 7.12. The molecule has 0 aromatic heterocycles. The van der Waals surface area contributed by atoms with Gasteiger partial charge >= 0.3 is 11.8 Å². The Labute approximate surface area is 146 Å². The normalized spacial score (nSPS) is 16.0. The van der Waals surface area contributed by atoms with Crippen LogP contribution in [-0.4, -0.2) is 38.4 Å². The molecular weight excluding hydrogens is 322 g/mol. The first-order chi connectivity index (χ1) is 12.0. The van der Waals surface area contributed by atoms with Crippen molar-refractivity contribution in [2.24, 2.45) is 5.92 Å². The van der Waals surface area contributed by atoms with Crippen LogP contribution < -0.4 is 20.7 Å². The molecule has 0 radical (unpaired) electrons. The number of amides is 3. The lowest BCUT2D eigenvalue weighted by Crippen LogP contribution is -2.38. The summed E-state index contributed by atoms with van der Waals surface area (Å²) < 4.78 is 5.16. The molecule has 0 heterocycles. The van der Waals surface area contributed by atoms with Gasteiger partial charge in [-0.2, -0.15) is 0 Å². The van der Waals surface area contributed by atoms with E-state index in [1.165, 1.54) is 20.2 Å². The number of nitrogens with one attached hydrogen (secondary N) is 3. The maximum absolute atomic E-state index is 12.1. The van der Waals surface area contributed by atoms with Gasteiger partial charge < -0.3 is 20.7 Å². The first-order valence-corrected chi connectivity index (χ1v) is 8.19. The largest absolute Gasteiger partial charge is 0.495 e. The van der Waals surface area contributed by atoms with Crippen molar-refractivity contribution < 1.29 is 19.1 Å². The number of anilines is 1. The molecule has 1 atom stereocenters.